The van der Waals surface area contributed by atoms with Crippen molar-refractivity contribution in [3.63, 3.8) is 0 Å². The van der Waals surface area contributed by atoms with Gasteiger partial charge in [-0.05, 0) is 42.8 Å². The quantitative estimate of drug-likeness (QED) is 0.875. The van der Waals surface area contributed by atoms with E-state index in [2.05, 4.69) is 10.3 Å². The third-order valence-corrected chi connectivity index (χ3v) is 2.40. The third-order valence-electron chi connectivity index (χ3n) is 2.40. The Hall–Kier alpha value is -2.30. The van der Waals surface area contributed by atoms with Crippen LogP contribution in [0.2, 0.25) is 0 Å². The molecule has 0 atom stereocenters. The molecule has 94 valence electrons. The first-order valence-electron chi connectivity index (χ1n) is 5.43. The van der Waals surface area contributed by atoms with Crippen LogP contribution in [0.15, 0.2) is 30.3 Å². The highest BCUT2D eigenvalue weighted by molar-refractivity contribution is 5.61. The van der Waals surface area contributed by atoms with Crippen molar-refractivity contribution in [3.8, 4) is 5.88 Å². The number of halogens is 1. The van der Waals surface area contributed by atoms with E-state index in [0.29, 0.717) is 23.1 Å². The van der Waals surface area contributed by atoms with E-state index in [1.54, 1.807) is 12.1 Å². The Labute approximate surface area is 105 Å². The summed E-state index contributed by atoms with van der Waals surface area (Å²) in [4.78, 5) is 4.16. The lowest BCUT2D eigenvalue weighted by Crippen LogP contribution is -1.99. The van der Waals surface area contributed by atoms with Gasteiger partial charge in [-0.1, -0.05) is 0 Å². The van der Waals surface area contributed by atoms with Gasteiger partial charge in [0.15, 0.2) is 0 Å². The molecule has 0 amide bonds. The van der Waals surface area contributed by atoms with Gasteiger partial charge < -0.3 is 15.8 Å². The number of hydrogen-bond donors (Lipinski definition) is 2. The van der Waals surface area contributed by atoms with E-state index in [4.69, 9.17) is 10.5 Å². The van der Waals surface area contributed by atoms with Gasteiger partial charge in [-0.15, -0.1) is 0 Å². The minimum absolute atomic E-state index is 0.292. The smallest absolute Gasteiger partial charge is 0.238 e. The Kier molecular flexibility index (Phi) is 3.32. The van der Waals surface area contributed by atoms with Crippen molar-refractivity contribution >= 4 is 17.2 Å². The fourth-order valence-electron chi connectivity index (χ4n) is 1.64. The molecule has 0 aliphatic heterocycles. The highest BCUT2D eigenvalue weighted by Crippen LogP contribution is 2.23. The Balaban J connectivity index is 2.28. The summed E-state index contributed by atoms with van der Waals surface area (Å²) in [6, 6.07) is 8.08. The molecule has 0 radical (unpaired) electrons. The van der Waals surface area contributed by atoms with Crippen molar-refractivity contribution in [1.29, 1.82) is 0 Å². The van der Waals surface area contributed by atoms with Crippen LogP contribution in [0.3, 0.4) is 0 Å². The Bertz CT molecular complexity index is 552. The fourth-order valence-corrected chi connectivity index (χ4v) is 1.64. The molecule has 2 aromatic rings. The summed E-state index contributed by atoms with van der Waals surface area (Å²) < 4.78 is 18.3. The molecule has 0 spiro atoms. The molecule has 0 unspecified atom stereocenters. The topological polar surface area (TPSA) is 60.2 Å². The van der Waals surface area contributed by atoms with Gasteiger partial charge in [0.05, 0.1) is 12.8 Å². The Morgan fingerprint density at radius 3 is 2.72 bits per heavy atom. The third kappa shape index (κ3) is 2.68. The predicted molar refractivity (Wildman–Crippen MR) is 69.6 cm³/mol. The van der Waals surface area contributed by atoms with Gasteiger partial charge in [0.2, 0.25) is 5.88 Å². The molecular formula is C13H14FN3O. The molecular weight excluding hydrogens is 233 g/mol. The van der Waals surface area contributed by atoms with Crippen molar-refractivity contribution in [2.75, 3.05) is 18.2 Å². The SMILES string of the molecule is COc1nc(Nc2cc(C)cc(F)c2)ccc1N. The van der Waals surface area contributed by atoms with E-state index in [0.717, 1.165) is 5.56 Å². The molecule has 4 nitrogen and oxygen atoms in total. The predicted octanol–water partition coefficient (Wildman–Crippen LogP) is 2.86. The normalized spacial score (nSPS) is 10.2. The second-order valence-electron chi connectivity index (χ2n) is 3.94. The maximum absolute atomic E-state index is 13.2. The highest BCUT2D eigenvalue weighted by atomic mass is 19.1. The number of benzene rings is 1. The maximum Gasteiger partial charge on any atom is 0.238 e. The number of nitrogens with one attached hydrogen (secondary N) is 1. The lowest BCUT2D eigenvalue weighted by Gasteiger charge is -2.09. The number of aryl methyl sites for hydroxylation is 1. The van der Waals surface area contributed by atoms with Gasteiger partial charge in [0, 0.05) is 5.69 Å². The van der Waals surface area contributed by atoms with Gasteiger partial charge in [-0.3, -0.25) is 0 Å². The number of aromatic nitrogens is 1. The first-order chi connectivity index (χ1) is 8.58. The zero-order valence-corrected chi connectivity index (χ0v) is 10.2. The molecule has 0 bridgehead atoms. The summed E-state index contributed by atoms with van der Waals surface area (Å²) in [5.41, 5.74) is 7.59. The summed E-state index contributed by atoms with van der Waals surface area (Å²) in [6.45, 7) is 1.82. The minimum Gasteiger partial charge on any atom is -0.479 e. The zero-order chi connectivity index (χ0) is 13.1. The molecule has 0 saturated heterocycles. The number of ether oxygens (including phenoxy) is 1. The fraction of sp³-hybridized carbons (Fsp3) is 0.154. The van der Waals surface area contributed by atoms with Gasteiger partial charge in [0.1, 0.15) is 11.6 Å². The van der Waals surface area contributed by atoms with Crippen molar-refractivity contribution in [1.82, 2.24) is 4.98 Å². The Morgan fingerprint density at radius 2 is 2.06 bits per heavy atom. The molecule has 3 N–H and O–H groups in total. The van der Waals surface area contributed by atoms with Crippen LogP contribution in [0.5, 0.6) is 5.88 Å². The molecule has 1 aromatic carbocycles. The first-order valence-corrected chi connectivity index (χ1v) is 5.43. The van der Waals surface area contributed by atoms with Crippen molar-refractivity contribution in [2.24, 2.45) is 0 Å². The molecule has 1 heterocycles. The van der Waals surface area contributed by atoms with Crippen LogP contribution in [-0.4, -0.2) is 12.1 Å². The molecule has 0 aliphatic carbocycles. The van der Waals surface area contributed by atoms with Gasteiger partial charge in [-0.25, -0.2) is 4.39 Å². The monoisotopic (exact) mass is 247 g/mol. The molecule has 1 aromatic heterocycles. The van der Waals surface area contributed by atoms with E-state index < -0.39 is 0 Å². The van der Waals surface area contributed by atoms with Crippen LogP contribution in [-0.2, 0) is 0 Å². The largest absolute Gasteiger partial charge is 0.479 e. The second kappa shape index (κ2) is 4.91. The maximum atomic E-state index is 13.2. The number of anilines is 3. The number of pyridine rings is 1. The highest BCUT2D eigenvalue weighted by Gasteiger charge is 2.04. The molecule has 18 heavy (non-hydrogen) atoms. The standard InChI is InChI=1S/C13H14FN3O/c1-8-5-9(14)7-10(6-8)16-12-4-3-11(15)13(17-12)18-2/h3-7H,15H2,1-2H3,(H,16,17). The van der Waals surface area contributed by atoms with Crippen LogP contribution >= 0.6 is 0 Å². The first kappa shape index (κ1) is 12.2. The van der Waals surface area contributed by atoms with Crippen molar-refractivity contribution < 1.29 is 9.13 Å². The number of hydrogen-bond acceptors (Lipinski definition) is 4. The van der Waals surface area contributed by atoms with Crippen molar-refractivity contribution in [3.05, 3.63) is 41.7 Å². The van der Waals surface area contributed by atoms with Crippen LogP contribution in [0, 0.1) is 12.7 Å². The minimum atomic E-state index is -0.292. The van der Waals surface area contributed by atoms with Gasteiger partial charge in [0.25, 0.3) is 0 Å². The molecule has 0 aliphatic rings. The van der Waals surface area contributed by atoms with Gasteiger partial charge >= 0.3 is 0 Å². The Morgan fingerprint density at radius 1 is 1.28 bits per heavy atom. The summed E-state index contributed by atoms with van der Waals surface area (Å²) in [7, 11) is 1.49. The number of methoxy groups -OCH3 is 1. The molecule has 5 heteroatoms. The van der Waals surface area contributed by atoms with E-state index in [1.807, 2.05) is 13.0 Å². The number of rotatable bonds is 3. The van der Waals surface area contributed by atoms with E-state index in [1.165, 1.54) is 19.2 Å². The lowest BCUT2D eigenvalue weighted by molar-refractivity contribution is 0.401. The lowest BCUT2D eigenvalue weighted by atomic mass is 10.2. The summed E-state index contributed by atoms with van der Waals surface area (Å²) in [5, 5.41) is 3.00. The number of nitrogen functional groups attached to an aromatic ring is 1. The summed E-state index contributed by atoms with van der Waals surface area (Å²) >= 11 is 0. The van der Waals surface area contributed by atoms with Crippen molar-refractivity contribution in [2.45, 2.75) is 6.92 Å². The van der Waals surface area contributed by atoms with Gasteiger partial charge in [-0.2, -0.15) is 4.98 Å². The summed E-state index contributed by atoms with van der Waals surface area (Å²) in [5.74, 6) is 0.596. The molecule has 0 fully saturated rings. The van der Waals surface area contributed by atoms with E-state index in [-0.39, 0.29) is 5.82 Å². The van der Waals surface area contributed by atoms with Crippen LogP contribution in [0.25, 0.3) is 0 Å². The van der Waals surface area contributed by atoms with Crippen LogP contribution < -0.4 is 15.8 Å². The van der Waals surface area contributed by atoms with E-state index >= 15 is 0 Å². The molecule has 0 saturated carbocycles. The zero-order valence-electron chi connectivity index (χ0n) is 10.2. The van der Waals surface area contributed by atoms with E-state index in [9.17, 15) is 4.39 Å². The average molecular weight is 247 g/mol. The van der Waals surface area contributed by atoms with Crippen LogP contribution in [0.1, 0.15) is 5.56 Å². The average Bonchev–Trinajstić information content (AvgIpc) is 2.30. The summed E-state index contributed by atoms with van der Waals surface area (Å²) in [6.07, 6.45) is 0. The molecule has 2 rings (SSSR count). The number of nitrogens with two attached hydrogens (primary N) is 1. The van der Waals surface area contributed by atoms with Crippen LogP contribution in [0.4, 0.5) is 21.6 Å². The number of nitrogens with zero attached hydrogens (tertiary/aromatic N) is 1. The second-order valence-corrected chi connectivity index (χ2v) is 3.94.